The summed E-state index contributed by atoms with van der Waals surface area (Å²) < 4.78 is 2.22. The number of phenols is 1. The van der Waals surface area contributed by atoms with E-state index in [9.17, 15) is 5.11 Å². The van der Waals surface area contributed by atoms with E-state index in [0.717, 1.165) is 55.4 Å². The van der Waals surface area contributed by atoms with Gasteiger partial charge in [-0.25, -0.2) is 4.98 Å². The van der Waals surface area contributed by atoms with Crippen molar-refractivity contribution >= 4 is 28.6 Å². The molecule has 0 amide bonds. The third kappa shape index (κ3) is 4.58. The Morgan fingerprint density at radius 2 is 1.72 bits per heavy atom. The number of para-hydroxylation sites is 1. The van der Waals surface area contributed by atoms with Crippen LogP contribution in [0.15, 0.2) is 48.9 Å². The van der Waals surface area contributed by atoms with Gasteiger partial charge in [0.05, 0.1) is 23.9 Å². The fourth-order valence-corrected chi connectivity index (χ4v) is 5.42. The van der Waals surface area contributed by atoms with Gasteiger partial charge in [-0.2, -0.15) is 9.97 Å². The fraction of sp³-hybridized carbons (Fsp3) is 0.407. The number of nitrogens with zero attached hydrogens (tertiary/aromatic N) is 5. The molecule has 0 radical (unpaired) electrons. The second-order valence-corrected chi connectivity index (χ2v) is 9.99. The van der Waals surface area contributed by atoms with Crippen molar-refractivity contribution in [3.8, 4) is 17.0 Å². The minimum absolute atomic E-state index is 0.208. The summed E-state index contributed by atoms with van der Waals surface area (Å²) in [6, 6.07) is 12.1. The minimum atomic E-state index is 0.208. The molecule has 2 fully saturated rings. The number of aromatic nitrogens is 5. The molecule has 0 aliphatic heterocycles. The van der Waals surface area contributed by atoms with E-state index < -0.39 is 0 Å². The summed E-state index contributed by atoms with van der Waals surface area (Å²) in [5.41, 5.74) is 9.90. The van der Waals surface area contributed by atoms with E-state index in [1.54, 1.807) is 18.3 Å². The number of fused-ring (bicyclic) bond motifs is 1. The first-order chi connectivity index (χ1) is 17.6. The predicted octanol–water partition coefficient (Wildman–Crippen LogP) is 5.13. The molecular weight excluding hydrogens is 452 g/mol. The van der Waals surface area contributed by atoms with Crippen molar-refractivity contribution in [2.45, 2.75) is 69.5 Å². The molecule has 2 aliphatic carbocycles. The van der Waals surface area contributed by atoms with Crippen LogP contribution in [0.4, 0.5) is 17.5 Å². The molecule has 9 nitrogen and oxygen atoms in total. The second kappa shape index (κ2) is 9.73. The van der Waals surface area contributed by atoms with Crippen LogP contribution in [0.25, 0.3) is 22.4 Å². The number of rotatable bonds is 6. The van der Waals surface area contributed by atoms with E-state index in [4.69, 9.17) is 20.7 Å². The number of imidazole rings is 1. The minimum Gasteiger partial charge on any atom is -0.507 e. The average molecular weight is 485 g/mol. The van der Waals surface area contributed by atoms with Crippen LogP contribution in [-0.2, 0) is 0 Å². The number of anilines is 3. The highest BCUT2D eigenvalue weighted by Crippen LogP contribution is 2.34. The molecule has 3 heterocycles. The van der Waals surface area contributed by atoms with Gasteiger partial charge >= 0.3 is 0 Å². The average Bonchev–Trinajstić information content (AvgIpc) is 3.57. The van der Waals surface area contributed by atoms with Crippen molar-refractivity contribution in [3.63, 3.8) is 0 Å². The Labute approximate surface area is 210 Å². The lowest BCUT2D eigenvalue weighted by Crippen LogP contribution is -2.33. The molecule has 0 unspecified atom stereocenters. The van der Waals surface area contributed by atoms with E-state index >= 15 is 0 Å². The molecular formula is C27H32N8O. The fourth-order valence-electron chi connectivity index (χ4n) is 5.42. The molecule has 2 aliphatic rings. The second-order valence-electron chi connectivity index (χ2n) is 9.99. The molecule has 2 saturated carbocycles. The Balaban J connectivity index is 1.32. The van der Waals surface area contributed by atoms with E-state index in [1.807, 2.05) is 30.6 Å². The maximum Gasteiger partial charge on any atom is 0.227 e. The normalized spacial score (nSPS) is 20.6. The molecule has 9 heteroatoms. The summed E-state index contributed by atoms with van der Waals surface area (Å²) in [5.74, 6) is 1.48. The number of phenolic OH excluding ortho intramolecular Hbond substituents is 1. The van der Waals surface area contributed by atoms with Crippen LogP contribution < -0.4 is 16.4 Å². The van der Waals surface area contributed by atoms with Crippen LogP contribution in [0.2, 0.25) is 0 Å². The van der Waals surface area contributed by atoms with Gasteiger partial charge in [0.15, 0.2) is 17.0 Å². The maximum absolute atomic E-state index is 10.2. The Morgan fingerprint density at radius 1 is 0.917 bits per heavy atom. The molecule has 4 aromatic rings. The Hall–Kier alpha value is -3.72. The lowest BCUT2D eigenvalue weighted by molar-refractivity contribution is 0.410. The molecule has 0 saturated heterocycles. The number of benzene rings is 1. The van der Waals surface area contributed by atoms with Crippen LogP contribution in [-0.4, -0.2) is 41.7 Å². The largest absolute Gasteiger partial charge is 0.507 e. The van der Waals surface area contributed by atoms with Gasteiger partial charge in [-0.3, -0.25) is 4.98 Å². The summed E-state index contributed by atoms with van der Waals surface area (Å²) in [6.07, 6.45) is 12.5. The van der Waals surface area contributed by atoms with Crippen LogP contribution in [0.3, 0.4) is 0 Å². The van der Waals surface area contributed by atoms with Crippen LogP contribution in [0.1, 0.15) is 57.4 Å². The lowest BCUT2D eigenvalue weighted by atomic mass is 9.92. The summed E-state index contributed by atoms with van der Waals surface area (Å²) in [4.78, 5) is 19.0. The summed E-state index contributed by atoms with van der Waals surface area (Å²) in [6.45, 7) is 0. The quantitative estimate of drug-likeness (QED) is 0.296. The summed E-state index contributed by atoms with van der Waals surface area (Å²) in [7, 11) is 0. The van der Waals surface area contributed by atoms with Crippen molar-refractivity contribution in [2.75, 3.05) is 10.6 Å². The van der Waals surface area contributed by atoms with Gasteiger partial charge in [0.25, 0.3) is 0 Å². The third-order valence-corrected chi connectivity index (χ3v) is 7.45. The van der Waals surface area contributed by atoms with Gasteiger partial charge in [-0.15, -0.1) is 0 Å². The van der Waals surface area contributed by atoms with Gasteiger partial charge < -0.3 is 26.0 Å². The summed E-state index contributed by atoms with van der Waals surface area (Å²) >= 11 is 0. The van der Waals surface area contributed by atoms with Crippen molar-refractivity contribution in [1.82, 2.24) is 24.5 Å². The smallest absolute Gasteiger partial charge is 0.227 e. The first-order valence-electron chi connectivity index (χ1n) is 12.9. The van der Waals surface area contributed by atoms with E-state index in [1.165, 1.54) is 12.8 Å². The van der Waals surface area contributed by atoms with Gasteiger partial charge in [0.2, 0.25) is 5.95 Å². The zero-order chi connectivity index (χ0) is 24.5. The summed E-state index contributed by atoms with van der Waals surface area (Å²) in [5, 5.41) is 17.1. The van der Waals surface area contributed by atoms with Gasteiger partial charge in [0, 0.05) is 23.7 Å². The molecule has 36 heavy (non-hydrogen) atoms. The SMILES string of the molecule is NC1CCC(Nc2nc(Nc3ccc(-c4ccccc4O)nc3)c3ncn(C4CCCC4)c3n2)CC1. The van der Waals surface area contributed by atoms with Crippen molar-refractivity contribution in [2.24, 2.45) is 5.73 Å². The number of nitrogens with two attached hydrogens (primary N) is 1. The number of nitrogens with one attached hydrogen (secondary N) is 2. The predicted molar refractivity (Wildman–Crippen MR) is 141 cm³/mol. The highest BCUT2D eigenvalue weighted by molar-refractivity contribution is 5.86. The molecule has 186 valence electrons. The van der Waals surface area contributed by atoms with Gasteiger partial charge in [-0.1, -0.05) is 25.0 Å². The number of pyridine rings is 1. The molecule has 0 bridgehead atoms. The standard InChI is InChI=1S/C27H32N8O/c28-17-9-11-18(12-10-17)32-27-33-25(24-26(34-27)35(16-30-24)20-5-1-2-6-20)31-19-13-14-22(29-15-19)21-7-3-4-8-23(21)36/h3-4,7-8,13-18,20,36H,1-2,5-6,9-12,28H2,(H2,31,32,33,34). The Morgan fingerprint density at radius 3 is 2.47 bits per heavy atom. The molecule has 0 spiro atoms. The van der Waals surface area contributed by atoms with Gasteiger partial charge in [-0.05, 0) is 62.8 Å². The first-order valence-corrected chi connectivity index (χ1v) is 12.9. The van der Waals surface area contributed by atoms with Crippen molar-refractivity contribution < 1.29 is 5.11 Å². The number of hydrogen-bond acceptors (Lipinski definition) is 8. The topological polar surface area (TPSA) is 127 Å². The van der Waals surface area contributed by atoms with E-state index in [2.05, 4.69) is 20.2 Å². The monoisotopic (exact) mass is 484 g/mol. The number of hydrogen-bond donors (Lipinski definition) is 4. The van der Waals surface area contributed by atoms with Crippen LogP contribution in [0, 0.1) is 0 Å². The first kappa shape index (κ1) is 22.7. The lowest BCUT2D eigenvalue weighted by Gasteiger charge is -2.27. The number of aromatic hydroxyl groups is 1. The highest BCUT2D eigenvalue weighted by Gasteiger charge is 2.24. The van der Waals surface area contributed by atoms with Gasteiger partial charge in [0.1, 0.15) is 5.75 Å². The zero-order valence-electron chi connectivity index (χ0n) is 20.3. The molecule has 3 aromatic heterocycles. The molecule has 1 aromatic carbocycles. The zero-order valence-corrected chi connectivity index (χ0v) is 20.3. The van der Waals surface area contributed by atoms with Crippen LogP contribution >= 0.6 is 0 Å². The molecule has 6 rings (SSSR count). The maximum atomic E-state index is 10.2. The van der Waals surface area contributed by atoms with Crippen LogP contribution in [0.5, 0.6) is 5.75 Å². The highest BCUT2D eigenvalue weighted by atomic mass is 16.3. The molecule has 0 atom stereocenters. The van der Waals surface area contributed by atoms with Crippen molar-refractivity contribution in [3.05, 3.63) is 48.9 Å². The Bertz CT molecular complexity index is 1340. The third-order valence-electron chi connectivity index (χ3n) is 7.45. The molecule has 5 N–H and O–H groups in total. The Kier molecular flexibility index (Phi) is 6.14. The van der Waals surface area contributed by atoms with Crippen molar-refractivity contribution in [1.29, 1.82) is 0 Å². The van der Waals surface area contributed by atoms with E-state index in [-0.39, 0.29) is 5.75 Å². The van der Waals surface area contributed by atoms with E-state index in [0.29, 0.717) is 41.1 Å².